The molecule has 0 saturated heterocycles. The van der Waals surface area contributed by atoms with Gasteiger partial charge in [-0.3, -0.25) is 9.59 Å². The third-order valence-electron chi connectivity index (χ3n) is 5.20. The molecule has 3 nitrogen and oxygen atoms in total. The van der Waals surface area contributed by atoms with E-state index in [2.05, 4.69) is 5.32 Å². The molecule has 0 spiro atoms. The number of rotatable bonds is 4. The normalized spacial score (nSPS) is 12.9. The minimum absolute atomic E-state index is 0.256. The summed E-state index contributed by atoms with van der Waals surface area (Å²) in [7, 11) is 0. The van der Waals surface area contributed by atoms with E-state index in [1.165, 1.54) is 17.5 Å². The molecular formula is C24H19Cl2NO2. The average Bonchev–Trinajstić information content (AvgIpc) is 2.74. The van der Waals surface area contributed by atoms with Gasteiger partial charge in [0.05, 0.1) is 10.7 Å². The van der Waals surface area contributed by atoms with Crippen LogP contribution in [0.2, 0.25) is 10.0 Å². The first-order chi connectivity index (χ1) is 14.0. The number of fused-ring (bicyclic) bond motifs is 1. The van der Waals surface area contributed by atoms with Crippen molar-refractivity contribution in [1.82, 2.24) is 0 Å². The number of aryl methyl sites for hydroxylation is 2. The molecule has 3 aromatic carbocycles. The van der Waals surface area contributed by atoms with E-state index < -0.39 is 0 Å². The second kappa shape index (κ2) is 8.40. The van der Waals surface area contributed by atoms with E-state index in [1.807, 2.05) is 18.2 Å². The molecule has 0 bridgehead atoms. The van der Waals surface area contributed by atoms with Gasteiger partial charge in [-0.15, -0.1) is 0 Å². The molecule has 1 amide bonds. The number of hydrogen-bond acceptors (Lipinski definition) is 2. The lowest BCUT2D eigenvalue weighted by molar-refractivity contribution is 0.102. The minimum Gasteiger partial charge on any atom is -0.321 e. The highest BCUT2D eigenvalue weighted by molar-refractivity contribution is 6.36. The number of ketones is 1. The quantitative estimate of drug-likeness (QED) is 0.496. The van der Waals surface area contributed by atoms with Gasteiger partial charge in [-0.2, -0.15) is 0 Å². The molecule has 5 heteroatoms. The van der Waals surface area contributed by atoms with Crippen LogP contribution in [-0.2, 0) is 12.8 Å². The zero-order chi connectivity index (χ0) is 20.4. The molecule has 0 aromatic heterocycles. The van der Waals surface area contributed by atoms with Crippen LogP contribution in [0.5, 0.6) is 0 Å². The summed E-state index contributed by atoms with van der Waals surface area (Å²) in [6.07, 6.45) is 4.39. The van der Waals surface area contributed by atoms with Crippen molar-refractivity contribution in [3.63, 3.8) is 0 Å². The van der Waals surface area contributed by atoms with Crippen molar-refractivity contribution in [3.8, 4) is 0 Å². The Kier molecular flexibility index (Phi) is 5.70. The Hall–Kier alpha value is -2.62. The highest BCUT2D eigenvalue weighted by Crippen LogP contribution is 2.28. The monoisotopic (exact) mass is 423 g/mol. The number of carbonyl (C=O) groups excluding carboxylic acids is 2. The Morgan fingerprint density at radius 1 is 0.793 bits per heavy atom. The highest BCUT2D eigenvalue weighted by atomic mass is 35.5. The lowest BCUT2D eigenvalue weighted by Gasteiger charge is -2.17. The Morgan fingerprint density at radius 2 is 1.55 bits per heavy atom. The second-order valence-corrected chi connectivity index (χ2v) is 7.99. The number of hydrogen-bond donors (Lipinski definition) is 1. The van der Waals surface area contributed by atoms with Crippen molar-refractivity contribution in [2.24, 2.45) is 0 Å². The van der Waals surface area contributed by atoms with Gasteiger partial charge in [-0.25, -0.2) is 0 Å². The summed E-state index contributed by atoms with van der Waals surface area (Å²) in [6, 6.07) is 17.5. The molecule has 1 N–H and O–H groups in total. The van der Waals surface area contributed by atoms with Gasteiger partial charge >= 0.3 is 0 Å². The maximum Gasteiger partial charge on any atom is 0.255 e. The molecule has 0 saturated carbocycles. The maximum atomic E-state index is 13.1. The maximum absolute atomic E-state index is 13.1. The van der Waals surface area contributed by atoms with Gasteiger partial charge in [0.2, 0.25) is 0 Å². The molecule has 0 unspecified atom stereocenters. The summed E-state index contributed by atoms with van der Waals surface area (Å²) >= 11 is 12.3. The molecule has 0 aliphatic heterocycles. The van der Waals surface area contributed by atoms with Crippen molar-refractivity contribution in [1.29, 1.82) is 0 Å². The Balaban J connectivity index is 1.65. The Morgan fingerprint density at radius 3 is 2.34 bits per heavy atom. The Labute approximate surface area is 179 Å². The third-order valence-corrected chi connectivity index (χ3v) is 5.77. The first-order valence-corrected chi connectivity index (χ1v) is 10.3. The summed E-state index contributed by atoms with van der Waals surface area (Å²) in [4.78, 5) is 25.9. The number of anilines is 1. The average molecular weight is 424 g/mol. The third kappa shape index (κ3) is 4.21. The standard InChI is InChI=1S/C24H19Cl2NO2/c25-18-11-12-22(20(14-18)23(28)19-7-3-4-8-21(19)26)27-24(29)17-10-9-15-5-1-2-6-16(15)13-17/h3-4,7-14H,1-2,5-6H2,(H,27,29). The largest absolute Gasteiger partial charge is 0.321 e. The van der Waals surface area contributed by atoms with Crippen LogP contribution in [0.25, 0.3) is 0 Å². The molecule has 3 aromatic rings. The lowest BCUT2D eigenvalue weighted by atomic mass is 9.90. The molecule has 0 atom stereocenters. The molecule has 0 heterocycles. The van der Waals surface area contributed by atoms with E-state index in [0.29, 0.717) is 32.4 Å². The number of nitrogens with one attached hydrogen (secondary N) is 1. The van der Waals surface area contributed by atoms with E-state index in [9.17, 15) is 9.59 Å². The number of halogens is 2. The molecule has 146 valence electrons. The van der Waals surface area contributed by atoms with Crippen LogP contribution in [0.15, 0.2) is 60.7 Å². The van der Waals surface area contributed by atoms with Crippen LogP contribution in [0.1, 0.15) is 50.2 Å². The van der Waals surface area contributed by atoms with Crippen LogP contribution >= 0.6 is 23.2 Å². The van der Waals surface area contributed by atoms with Crippen molar-refractivity contribution in [3.05, 3.63) is 98.5 Å². The smallest absolute Gasteiger partial charge is 0.255 e. The molecule has 29 heavy (non-hydrogen) atoms. The summed E-state index contributed by atoms with van der Waals surface area (Å²) in [5, 5.41) is 3.63. The van der Waals surface area contributed by atoms with Crippen LogP contribution in [-0.4, -0.2) is 11.7 Å². The first kappa shape index (κ1) is 19.7. The van der Waals surface area contributed by atoms with Gasteiger partial charge in [-0.1, -0.05) is 41.4 Å². The topological polar surface area (TPSA) is 46.2 Å². The van der Waals surface area contributed by atoms with E-state index in [1.54, 1.807) is 42.5 Å². The molecule has 0 fully saturated rings. The SMILES string of the molecule is O=C(Nc1ccc(Cl)cc1C(=O)c1ccccc1Cl)c1ccc2c(c1)CCCC2. The summed E-state index contributed by atoms with van der Waals surface area (Å²) in [5.41, 5.74) is 4.19. The molecular weight excluding hydrogens is 405 g/mol. The van der Waals surface area contributed by atoms with Crippen molar-refractivity contribution >= 4 is 40.6 Å². The van der Waals surface area contributed by atoms with Crippen molar-refractivity contribution < 1.29 is 9.59 Å². The Bertz CT molecular complexity index is 1110. The van der Waals surface area contributed by atoms with E-state index in [0.717, 1.165) is 19.3 Å². The lowest BCUT2D eigenvalue weighted by Crippen LogP contribution is -2.16. The number of amides is 1. The minimum atomic E-state index is -0.293. The van der Waals surface area contributed by atoms with Crippen molar-refractivity contribution in [2.45, 2.75) is 25.7 Å². The summed E-state index contributed by atoms with van der Waals surface area (Å²) in [6.45, 7) is 0. The number of benzene rings is 3. The number of carbonyl (C=O) groups is 2. The van der Waals surface area contributed by atoms with Gasteiger partial charge < -0.3 is 5.32 Å². The zero-order valence-corrected chi connectivity index (χ0v) is 17.2. The fourth-order valence-corrected chi connectivity index (χ4v) is 4.07. The van der Waals surface area contributed by atoms with Crippen LogP contribution < -0.4 is 5.32 Å². The van der Waals surface area contributed by atoms with Crippen LogP contribution in [0.3, 0.4) is 0 Å². The zero-order valence-electron chi connectivity index (χ0n) is 15.7. The van der Waals surface area contributed by atoms with Gasteiger partial charge in [0, 0.05) is 21.7 Å². The molecule has 1 aliphatic carbocycles. The van der Waals surface area contributed by atoms with E-state index in [-0.39, 0.29) is 11.7 Å². The van der Waals surface area contributed by atoms with Gasteiger partial charge in [-0.05, 0) is 79.3 Å². The van der Waals surface area contributed by atoms with Gasteiger partial charge in [0.25, 0.3) is 5.91 Å². The molecule has 0 radical (unpaired) electrons. The summed E-state index contributed by atoms with van der Waals surface area (Å²) < 4.78 is 0. The van der Waals surface area contributed by atoms with Crippen molar-refractivity contribution in [2.75, 3.05) is 5.32 Å². The van der Waals surface area contributed by atoms with E-state index >= 15 is 0 Å². The predicted molar refractivity (Wildman–Crippen MR) is 117 cm³/mol. The highest BCUT2D eigenvalue weighted by Gasteiger charge is 2.19. The first-order valence-electron chi connectivity index (χ1n) is 9.55. The fraction of sp³-hybridized carbons (Fsp3) is 0.167. The van der Waals surface area contributed by atoms with Crippen LogP contribution in [0, 0.1) is 0 Å². The van der Waals surface area contributed by atoms with Gasteiger partial charge in [0.1, 0.15) is 0 Å². The molecule has 4 rings (SSSR count). The van der Waals surface area contributed by atoms with Crippen LogP contribution in [0.4, 0.5) is 5.69 Å². The second-order valence-electron chi connectivity index (χ2n) is 7.14. The predicted octanol–water partition coefficient (Wildman–Crippen LogP) is 6.36. The molecule has 1 aliphatic rings. The van der Waals surface area contributed by atoms with Gasteiger partial charge in [0.15, 0.2) is 5.78 Å². The fourth-order valence-electron chi connectivity index (χ4n) is 3.67. The van der Waals surface area contributed by atoms with E-state index in [4.69, 9.17) is 23.2 Å². The summed E-state index contributed by atoms with van der Waals surface area (Å²) in [5.74, 6) is -0.548.